The number of benzene rings is 1. The molecule has 2 atom stereocenters. The topological polar surface area (TPSA) is 12.0 Å². The molecule has 0 aromatic heterocycles. The van der Waals surface area contributed by atoms with Crippen LogP contribution in [-0.4, -0.2) is 12.6 Å². The standard InChI is InChI=1S/C15H22FN/c1-3-17-14-6-4-5-12(10-14)13-7-8-15(16)11(2)9-13/h7-9,12,14,17H,3-6,10H2,1-2H3. The maximum atomic E-state index is 13.3. The highest BCUT2D eigenvalue weighted by Crippen LogP contribution is 2.33. The highest BCUT2D eigenvalue weighted by atomic mass is 19.1. The van der Waals surface area contributed by atoms with Crippen molar-refractivity contribution in [3.8, 4) is 0 Å². The minimum Gasteiger partial charge on any atom is -0.314 e. The molecule has 1 aliphatic rings. The molecule has 1 aliphatic carbocycles. The summed E-state index contributed by atoms with van der Waals surface area (Å²) in [5.74, 6) is 0.514. The predicted molar refractivity (Wildman–Crippen MR) is 69.8 cm³/mol. The van der Waals surface area contributed by atoms with Gasteiger partial charge >= 0.3 is 0 Å². The minimum absolute atomic E-state index is 0.0900. The first-order valence-electron chi connectivity index (χ1n) is 6.70. The molecule has 0 aliphatic heterocycles. The van der Waals surface area contributed by atoms with Gasteiger partial charge in [-0.05, 0) is 55.8 Å². The summed E-state index contributed by atoms with van der Waals surface area (Å²) in [6.07, 6.45) is 5.00. The van der Waals surface area contributed by atoms with Crippen LogP contribution in [0, 0.1) is 12.7 Å². The summed E-state index contributed by atoms with van der Waals surface area (Å²) in [6, 6.07) is 6.24. The second-order valence-corrected chi connectivity index (χ2v) is 5.13. The maximum absolute atomic E-state index is 13.3. The van der Waals surface area contributed by atoms with Gasteiger partial charge < -0.3 is 5.32 Å². The number of rotatable bonds is 3. The molecule has 1 saturated carbocycles. The van der Waals surface area contributed by atoms with Crippen LogP contribution < -0.4 is 5.32 Å². The molecule has 2 heteroatoms. The zero-order valence-corrected chi connectivity index (χ0v) is 10.8. The Morgan fingerprint density at radius 1 is 1.35 bits per heavy atom. The summed E-state index contributed by atoms with van der Waals surface area (Å²) in [7, 11) is 0. The van der Waals surface area contributed by atoms with Gasteiger partial charge in [-0.3, -0.25) is 0 Å². The fourth-order valence-electron chi connectivity index (χ4n) is 2.89. The van der Waals surface area contributed by atoms with Crippen molar-refractivity contribution >= 4 is 0 Å². The summed E-state index contributed by atoms with van der Waals surface area (Å²) in [5, 5.41) is 3.54. The van der Waals surface area contributed by atoms with Gasteiger partial charge in [0.2, 0.25) is 0 Å². The molecule has 1 aromatic rings. The van der Waals surface area contributed by atoms with Crippen molar-refractivity contribution in [1.29, 1.82) is 0 Å². The van der Waals surface area contributed by atoms with Gasteiger partial charge in [0.25, 0.3) is 0 Å². The van der Waals surface area contributed by atoms with Crippen LogP contribution in [0.1, 0.15) is 49.7 Å². The van der Waals surface area contributed by atoms with E-state index in [1.165, 1.54) is 31.2 Å². The van der Waals surface area contributed by atoms with E-state index in [0.29, 0.717) is 12.0 Å². The van der Waals surface area contributed by atoms with Gasteiger partial charge in [-0.2, -0.15) is 0 Å². The molecular formula is C15H22FN. The summed E-state index contributed by atoms with van der Waals surface area (Å²) in [5.41, 5.74) is 2.08. The second-order valence-electron chi connectivity index (χ2n) is 5.13. The Morgan fingerprint density at radius 3 is 2.88 bits per heavy atom. The fraction of sp³-hybridized carbons (Fsp3) is 0.600. The Kier molecular flexibility index (Phi) is 4.16. The van der Waals surface area contributed by atoms with Gasteiger partial charge in [0, 0.05) is 6.04 Å². The monoisotopic (exact) mass is 235 g/mol. The van der Waals surface area contributed by atoms with E-state index < -0.39 is 0 Å². The van der Waals surface area contributed by atoms with E-state index in [-0.39, 0.29) is 5.82 Å². The van der Waals surface area contributed by atoms with Crippen LogP contribution in [0.2, 0.25) is 0 Å². The third-order valence-electron chi connectivity index (χ3n) is 3.82. The molecule has 0 saturated heterocycles. The van der Waals surface area contributed by atoms with Gasteiger partial charge in [-0.25, -0.2) is 4.39 Å². The predicted octanol–water partition coefficient (Wildman–Crippen LogP) is 3.77. The molecule has 2 rings (SSSR count). The summed E-state index contributed by atoms with van der Waals surface area (Å²) < 4.78 is 13.3. The molecule has 17 heavy (non-hydrogen) atoms. The first-order chi connectivity index (χ1) is 8.20. The van der Waals surface area contributed by atoms with E-state index in [0.717, 1.165) is 12.1 Å². The molecule has 1 N–H and O–H groups in total. The third kappa shape index (κ3) is 3.06. The third-order valence-corrected chi connectivity index (χ3v) is 3.82. The number of hydrogen-bond acceptors (Lipinski definition) is 1. The molecule has 0 amide bonds. The molecule has 1 fully saturated rings. The lowest BCUT2D eigenvalue weighted by atomic mass is 9.81. The van der Waals surface area contributed by atoms with Crippen LogP contribution in [-0.2, 0) is 0 Å². The van der Waals surface area contributed by atoms with Gasteiger partial charge in [-0.1, -0.05) is 25.5 Å². The second kappa shape index (κ2) is 5.63. The van der Waals surface area contributed by atoms with E-state index >= 15 is 0 Å². The largest absolute Gasteiger partial charge is 0.314 e. The van der Waals surface area contributed by atoms with Crippen LogP contribution in [0.5, 0.6) is 0 Å². The van der Waals surface area contributed by atoms with E-state index in [9.17, 15) is 4.39 Å². The Hall–Kier alpha value is -0.890. The minimum atomic E-state index is -0.0900. The van der Waals surface area contributed by atoms with E-state index in [1.54, 1.807) is 6.07 Å². The Labute approximate surface area is 103 Å². The van der Waals surface area contributed by atoms with Crippen LogP contribution in [0.4, 0.5) is 4.39 Å². The average Bonchev–Trinajstić information content (AvgIpc) is 2.33. The van der Waals surface area contributed by atoms with Gasteiger partial charge in [0.05, 0.1) is 0 Å². The van der Waals surface area contributed by atoms with Crippen molar-refractivity contribution in [1.82, 2.24) is 5.32 Å². The van der Waals surface area contributed by atoms with Gasteiger partial charge in [0.1, 0.15) is 5.82 Å². The lowest BCUT2D eigenvalue weighted by Crippen LogP contribution is -2.33. The first-order valence-corrected chi connectivity index (χ1v) is 6.70. The first kappa shape index (κ1) is 12.6. The van der Waals surface area contributed by atoms with Crippen molar-refractivity contribution in [3.05, 3.63) is 35.1 Å². The average molecular weight is 235 g/mol. The van der Waals surface area contributed by atoms with E-state index in [1.807, 2.05) is 19.1 Å². The zero-order valence-electron chi connectivity index (χ0n) is 10.8. The summed E-state index contributed by atoms with van der Waals surface area (Å²) >= 11 is 0. The Balaban J connectivity index is 2.08. The Morgan fingerprint density at radius 2 is 2.18 bits per heavy atom. The molecule has 1 nitrogen and oxygen atoms in total. The molecule has 0 heterocycles. The summed E-state index contributed by atoms with van der Waals surface area (Å²) in [6.45, 7) is 5.05. The maximum Gasteiger partial charge on any atom is 0.126 e. The van der Waals surface area contributed by atoms with Crippen LogP contribution in [0.15, 0.2) is 18.2 Å². The van der Waals surface area contributed by atoms with E-state index in [4.69, 9.17) is 0 Å². The zero-order chi connectivity index (χ0) is 12.3. The van der Waals surface area contributed by atoms with Crippen molar-refractivity contribution < 1.29 is 4.39 Å². The molecule has 94 valence electrons. The van der Waals surface area contributed by atoms with Gasteiger partial charge in [0.15, 0.2) is 0 Å². The molecule has 0 spiro atoms. The van der Waals surface area contributed by atoms with Crippen molar-refractivity contribution in [3.63, 3.8) is 0 Å². The number of nitrogens with one attached hydrogen (secondary N) is 1. The van der Waals surface area contributed by atoms with Crippen molar-refractivity contribution in [2.75, 3.05) is 6.54 Å². The van der Waals surface area contributed by atoms with Gasteiger partial charge in [-0.15, -0.1) is 0 Å². The summed E-state index contributed by atoms with van der Waals surface area (Å²) in [4.78, 5) is 0. The quantitative estimate of drug-likeness (QED) is 0.841. The molecular weight excluding hydrogens is 213 g/mol. The molecule has 0 radical (unpaired) electrons. The number of halogens is 1. The number of hydrogen-bond donors (Lipinski definition) is 1. The van der Waals surface area contributed by atoms with E-state index in [2.05, 4.69) is 12.2 Å². The fourth-order valence-corrected chi connectivity index (χ4v) is 2.89. The molecule has 2 unspecified atom stereocenters. The van der Waals surface area contributed by atoms with Crippen LogP contribution >= 0.6 is 0 Å². The lowest BCUT2D eigenvalue weighted by molar-refractivity contribution is 0.344. The normalized spacial score (nSPS) is 24.9. The highest BCUT2D eigenvalue weighted by molar-refractivity contribution is 5.27. The molecule has 1 aromatic carbocycles. The number of aryl methyl sites for hydroxylation is 1. The van der Waals surface area contributed by atoms with Crippen LogP contribution in [0.3, 0.4) is 0 Å². The smallest absolute Gasteiger partial charge is 0.126 e. The lowest BCUT2D eigenvalue weighted by Gasteiger charge is -2.30. The van der Waals surface area contributed by atoms with Crippen molar-refractivity contribution in [2.45, 2.75) is 51.5 Å². The SMILES string of the molecule is CCNC1CCCC(c2ccc(F)c(C)c2)C1. The highest BCUT2D eigenvalue weighted by Gasteiger charge is 2.22. The van der Waals surface area contributed by atoms with Crippen LogP contribution in [0.25, 0.3) is 0 Å². The van der Waals surface area contributed by atoms with Crippen molar-refractivity contribution in [2.24, 2.45) is 0 Å². The Bertz CT molecular complexity index is 373. The molecule has 0 bridgehead atoms.